The summed E-state index contributed by atoms with van der Waals surface area (Å²) in [7, 11) is 0. The molecule has 8 heteroatoms. The number of furan rings is 1. The highest BCUT2D eigenvalue weighted by atomic mass is 32.2. The highest BCUT2D eigenvalue weighted by Crippen LogP contribution is 2.29. The fraction of sp³-hybridized carbons (Fsp3) is 0.0556. The Balaban J connectivity index is 1.70. The van der Waals surface area contributed by atoms with E-state index in [1.165, 1.54) is 11.8 Å². The third-order valence-corrected chi connectivity index (χ3v) is 4.50. The summed E-state index contributed by atoms with van der Waals surface area (Å²) in [6.45, 7) is 0.593. The molecule has 4 rings (SSSR count). The second-order valence-corrected chi connectivity index (χ2v) is 6.31. The first-order valence-electron chi connectivity index (χ1n) is 7.76. The van der Waals surface area contributed by atoms with Gasteiger partial charge in [-0.3, -0.25) is 4.57 Å². The molecular weight excluding hydrogens is 348 g/mol. The number of nitriles is 1. The van der Waals surface area contributed by atoms with Gasteiger partial charge in [0.05, 0.1) is 12.8 Å². The van der Waals surface area contributed by atoms with E-state index >= 15 is 0 Å². The second-order valence-electron chi connectivity index (χ2n) is 5.33. The molecule has 0 saturated heterocycles. The lowest BCUT2D eigenvalue weighted by atomic mass is 10.2. The number of hydrogen-bond donors (Lipinski definition) is 0. The molecule has 0 atom stereocenters. The zero-order valence-electron chi connectivity index (χ0n) is 13.5. The van der Waals surface area contributed by atoms with Crippen molar-refractivity contribution >= 4 is 11.8 Å². The molecule has 4 aromatic rings. The number of rotatable bonds is 5. The van der Waals surface area contributed by atoms with Gasteiger partial charge in [0.2, 0.25) is 5.82 Å². The molecule has 0 fully saturated rings. The lowest BCUT2D eigenvalue weighted by Crippen LogP contribution is -2.04. The van der Waals surface area contributed by atoms with Crippen LogP contribution in [0.5, 0.6) is 0 Å². The Morgan fingerprint density at radius 3 is 2.54 bits per heavy atom. The summed E-state index contributed by atoms with van der Waals surface area (Å²) in [5, 5.41) is 26.6. The summed E-state index contributed by atoms with van der Waals surface area (Å²) in [5.74, 6) is 1.29. The van der Waals surface area contributed by atoms with Crippen LogP contribution in [0, 0.1) is 11.3 Å². The van der Waals surface area contributed by atoms with Gasteiger partial charge in [-0.2, -0.15) is 5.26 Å². The van der Waals surface area contributed by atoms with E-state index in [1.807, 2.05) is 53.1 Å². The number of benzene rings is 1. The Bertz CT molecular complexity index is 1040. The van der Waals surface area contributed by atoms with Crippen molar-refractivity contribution in [2.24, 2.45) is 0 Å². The van der Waals surface area contributed by atoms with Gasteiger partial charge in [0, 0.05) is 0 Å². The Labute approximate surface area is 153 Å². The third kappa shape index (κ3) is 3.34. The van der Waals surface area contributed by atoms with Crippen molar-refractivity contribution in [3.63, 3.8) is 0 Å². The van der Waals surface area contributed by atoms with Crippen LogP contribution in [0.1, 0.15) is 11.3 Å². The summed E-state index contributed by atoms with van der Waals surface area (Å²) < 4.78 is 7.47. The average molecular weight is 360 g/mol. The minimum absolute atomic E-state index is 0.274. The molecule has 0 saturated carbocycles. The van der Waals surface area contributed by atoms with E-state index in [1.54, 1.807) is 18.4 Å². The first-order valence-corrected chi connectivity index (χ1v) is 8.58. The average Bonchev–Trinajstić information content (AvgIpc) is 3.34. The van der Waals surface area contributed by atoms with Crippen molar-refractivity contribution in [1.82, 2.24) is 25.0 Å². The second kappa shape index (κ2) is 7.21. The maximum Gasteiger partial charge on any atom is 0.200 e. The van der Waals surface area contributed by atoms with E-state index in [4.69, 9.17) is 9.68 Å². The molecule has 0 unspecified atom stereocenters. The van der Waals surface area contributed by atoms with E-state index in [2.05, 4.69) is 20.4 Å². The quantitative estimate of drug-likeness (QED) is 0.538. The van der Waals surface area contributed by atoms with Crippen LogP contribution in [0.3, 0.4) is 0 Å². The summed E-state index contributed by atoms with van der Waals surface area (Å²) in [4.78, 5) is 0. The Morgan fingerprint density at radius 1 is 0.962 bits per heavy atom. The molecule has 7 nitrogen and oxygen atoms in total. The fourth-order valence-corrected chi connectivity index (χ4v) is 3.14. The molecule has 26 heavy (non-hydrogen) atoms. The van der Waals surface area contributed by atoms with Gasteiger partial charge < -0.3 is 4.42 Å². The van der Waals surface area contributed by atoms with Gasteiger partial charge in [0.15, 0.2) is 16.6 Å². The molecule has 0 bridgehead atoms. The van der Waals surface area contributed by atoms with Gasteiger partial charge in [-0.15, -0.1) is 20.4 Å². The minimum Gasteiger partial charge on any atom is -0.461 e. The van der Waals surface area contributed by atoms with Crippen molar-refractivity contribution in [2.75, 3.05) is 0 Å². The first-order chi connectivity index (χ1) is 12.8. The van der Waals surface area contributed by atoms with Gasteiger partial charge in [-0.1, -0.05) is 30.3 Å². The van der Waals surface area contributed by atoms with Gasteiger partial charge in [0.25, 0.3) is 0 Å². The number of hydrogen-bond acceptors (Lipinski definition) is 7. The van der Waals surface area contributed by atoms with Crippen LogP contribution in [-0.2, 0) is 6.54 Å². The van der Waals surface area contributed by atoms with E-state index in [0.29, 0.717) is 28.3 Å². The zero-order valence-corrected chi connectivity index (χ0v) is 14.3. The van der Waals surface area contributed by atoms with Gasteiger partial charge in [0.1, 0.15) is 11.1 Å². The molecule has 126 valence electrons. The zero-order chi connectivity index (χ0) is 17.8. The Morgan fingerprint density at radius 2 is 1.85 bits per heavy atom. The van der Waals surface area contributed by atoms with Gasteiger partial charge in [-0.05, 0) is 41.6 Å². The smallest absolute Gasteiger partial charge is 0.200 e. The van der Waals surface area contributed by atoms with Gasteiger partial charge in [-0.25, -0.2) is 0 Å². The van der Waals surface area contributed by atoms with E-state index in [-0.39, 0.29) is 5.69 Å². The molecule has 0 aliphatic carbocycles. The van der Waals surface area contributed by atoms with Crippen LogP contribution >= 0.6 is 11.8 Å². The van der Waals surface area contributed by atoms with E-state index < -0.39 is 0 Å². The maximum atomic E-state index is 8.84. The number of nitrogens with zero attached hydrogens (tertiary/aromatic N) is 6. The highest BCUT2D eigenvalue weighted by Gasteiger charge is 2.18. The molecular formula is C18H12N6OS. The molecule has 1 aromatic carbocycles. The Hall–Kier alpha value is -3.44. The topological polar surface area (TPSA) is 93.4 Å². The van der Waals surface area contributed by atoms with Crippen molar-refractivity contribution in [1.29, 1.82) is 5.26 Å². The maximum absolute atomic E-state index is 8.84. The summed E-state index contributed by atoms with van der Waals surface area (Å²) in [6, 6.07) is 19.0. The van der Waals surface area contributed by atoms with E-state index in [9.17, 15) is 0 Å². The molecule has 0 spiro atoms. The van der Waals surface area contributed by atoms with Crippen LogP contribution in [-0.4, -0.2) is 25.0 Å². The van der Waals surface area contributed by atoms with Crippen molar-refractivity contribution < 1.29 is 4.42 Å². The van der Waals surface area contributed by atoms with E-state index in [0.717, 1.165) is 5.56 Å². The van der Waals surface area contributed by atoms with Crippen LogP contribution in [0.15, 0.2) is 75.5 Å². The predicted molar refractivity (Wildman–Crippen MR) is 94.1 cm³/mol. The summed E-state index contributed by atoms with van der Waals surface area (Å²) in [5.41, 5.74) is 1.39. The summed E-state index contributed by atoms with van der Waals surface area (Å²) in [6.07, 6.45) is 1.61. The van der Waals surface area contributed by atoms with Crippen molar-refractivity contribution in [2.45, 2.75) is 16.7 Å². The lowest BCUT2D eigenvalue weighted by molar-refractivity contribution is 0.569. The third-order valence-electron chi connectivity index (χ3n) is 3.59. The molecule has 0 amide bonds. The standard InChI is InChI=1S/C18H12N6OS/c19-11-14-8-9-16(21-20-14)26-18-23-22-17(15-7-4-10-25-15)24(18)12-13-5-2-1-3-6-13/h1-10H,12H2. The molecule has 3 aromatic heterocycles. The Kier molecular flexibility index (Phi) is 4.45. The SMILES string of the molecule is N#Cc1ccc(Sc2nnc(-c3ccco3)n2Cc2ccccc2)nn1. The molecule has 0 aliphatic rings. The normalized spacial score (nSPS) is 10.6. The highest BCUT2D eigenvalue weighted by molar-refractivity contribution is 7.99. The van der Waals surface area contributed by atoms with Crippen LogP contribution in [0.2, 0.25) is 0 Å². The first kappa shape index (κ1) is 16.1. The van der Waals surface area contributed by atoms with Crippen LogP contribution in [0.4, 0.5) is 0 Å². The molecule has 0 N–H and O–H groups in total. The number of aromatic nitrogens is 5. The van der Waals surface area contributed by atoms with Crippen molar-refractivity contribution in [3.8, 4) is 17.7 Å². The fourth-order valence-electron chi connectivity index (χ4n) is 2.39. The summed E-state index contributed by atoms with van der Waals surface area (Å²) >= 11 is 1.34. The molecule has 0 aliphatic heterocycles. The lowest BCUT2D eigenvalue weighted by Gasteiger charge is -2.09. The van der Waals surface area contributed by atoms with Gasteiger partial charge >= 0.3 is 0 Å². The predicted octanol–water partition coefficient (Wildman–Crippen LogP) is 3.40. The molecule has 0 radical (unpaired) electrons. The monoisotopic (exact) mass is 360 g/mol. The largest absolute Gasteiger partial charge is 0.461 e. The molecule has 3 heterocycles. The van der Waals surface area contributed by atoms with Crippen molar-refractivity contribution in [3.05, 3.63) is 72.1 Å². The van der Waals surface area contributed by atoms with Crippen LogP contribution < -0.4 is 0 Å². The minimum atomic E-state index is 0.274. The van der Waals surface area contributed by atoms with Crippen LogP contribution in [0.25, 0.3) is 11.6 Å².